The van der Waals surface area contributed by atoms with Gasteiger partial charge in [0.1, 0.15) is 5.75 Å². The molecular weight excluding hydrogens is 398 g/mol. The molecule has 7 heteroatoms. The van der Waals surface area contributed by atoms with Gasteiger partial charge in [-0.2, -0.15) is 0 Å². The van der Waals surface area contributed by atoms with Crippen molar-refractivity contribution < 1.29 is 14.7 Å². The zero-order chi connectivity index (χ0) is 18.5. The number of rotatable bonds is 4. The van der Waals surface area contributed by atoms with Crippen LogP contribution in [0.25, 0.3) is 0 Å². The van der Waals surface area contributed by atoms with Gasteiger partial charge in [0.2, 0.25) is 5.91 Å². The van der Waals surface area contributed by atoms with Crippen molar-refractivity contribution in [3.05, 3.63) is 58.6 Å². The van der Waals surface area contributed by atoms with Crippen molar-refractivity contribution in [2.24, 2.45) is 0 Å². The summed E-state index contributed by atoms with van der Waals surface area (Å²) in [4.78, 5) is 28.3. The Labute approximate surface area is 160 Å². The standard InChI is InChI=1S/C19H20BrN3O3/c20-15-6-4-14(5-7-15)19(26)21-13-18(25)23-10-8-22(9-11-23)16-2-1-3-17(24)12-16/h1-7,12,24H,8-11,13H2,(H,21,26). The normalized spacial score (nSPS) is 14.2. The number of anilines is 1. The lowest BCUT2D eigenvalue weighted by Crippen LogP contribution is -2.51. The molecule has 0 saturated carbocycles. The van der Waals surface area contributed by atoms with Gasteiger partial charge in [-0.1, -0.05) is 22.0 Å². The first-order valence-corrected chi connectivity index (χ1v) is 9.18. The summed E-state index contributed by atoms with van der Waals surface area (Å²) in [5, 5.41) is 12.3. The molecule has 2 aromatic carbocycles. The highest BCUT2D eigenvalue weighted by atomic mass is 79.9. The number of amides is 2. The van der Waals surface area contributed by atoms with Gasteiger partial charge in [-0.3, -0.25) is 9.59 Å². The first-order chi connectivity index (χ1) is 12.5. The highest BCUT2D eigenvalue weighted by Gasteiger charge is 2.21. The molecule has 0 unspecified atom stereocenters. The van der Waals surface area contributed by atoms with Gasteiger partial charge in [0, 0.05) is 48.0 Å². The maximum atomic E-state index is 12.3. The fourth-order valence-corrected chi connectivity index (χ4v) is 3.14. The number of phenolic OH excluding ortho intramolecular Hbond substituents is 1. The molecule has 3 rings (SSSR count). The summed E-state index contributed by atoms with van der Waals surface area (Å²) in [5.41, 5.74) is 1.47. The van der Waals surface area contributed by atoms with Crippen LogP contribution in [0, 0.1) is 0 Å². The van der Waals surface area contributed by atoms with Gasteiger partial charge in [-0.05, 0) is 36.4 Å². The molecule has 1 fully saturated rings. The van der Waals surface area contributed by atoms with E-state index >= 15 is 0 Å². The summed E-state index contributed by atoms with van der Waals surface area (Å²) in [6.07, 6.45) is 0. The third-order valence-electron chi connectivity index (χ3n) is 4.33. The van der Waals surface area contributed by atoms with Crippen molar-refractivity contribution in [2.45, 2.75) is 0 Å². The highest BCUT2D eigenvalue weighted by Crippen LogP contribution is 2.21. The van der Waals surface area contributed by atoms with E-state index in [9.17, 15) is 14.7 Å². The van der Waals surface area contributed by atoms with Crippen molar-refractivity contribution in [2.75, 3.05) is 37.6 Å². The Morgan fingerprint density at radius 3 is 2.38 bits per heavy atom. The topological polar surface area (TPSA) is 72.9 Å². The number of carbonyl (C=O) groups is 2. The van der Waals surface area contributed by atoms with Crippen molar-refractivity contribution >= 4 is 33.4 Å². The Balaban J connectivity index is 1.47. The van der Waals surface area contributed by atoms with E-state index in [0.717, 1.165) is 10.2 Å². The fourth-order valence-electron chi connectivity index (χ4n) is 2.87. The van der Waals surface area contributed by atoms with Gasteiger partial charge in [-0.25, -0.2) is 0 Å². The molecule has 1 aliphatic rings. The second-order valence-electron chi connectivity index (χ2n) is 6.08. The van der Waals surface area contributed by atoms with E-state index in [0.29, 0.717) is 31.7 Å². The number of nitrogens with zero attached hydrogens (tertiary/aromatic N) is 2. The lowest BCUT2D eigenvalue weighted by molar-refractivity contribution is -0.130. The summed E-state index contributed by atoms with van der Waals surface area (Å²) < 4.78 is 0.898. The van der Waals surface area contributed by atoms with Crippen LogP contribution >= 0.6 is 15.9 Å². The molecule has 2 amide bonds. The summed E-state index contributed by atoms with van der Waals surface area (Å²) in [6, 6.07) is 14.1. The quantitative estimate of drug-likeness (QED) is 0.799. The smallest absolute Gasteiger partial charge is 0.251 e. The first-order valence-electron chi connectivity index (χ1n) is 8.38. The molecule has 1 saturated heterocycles. The lowest BCUT2D eigenvalue weighted by atomic mass is 10.2. The summed E-state index contributed by atoms with van der Waals surface area (Å²) in [6.45, 7) is 2.54. The van der Waals surface area contributed by atoms with Gasteiger partial charge >= 0.3 is 0 Å². The molecule has 2 N–H and O–H groups in total. The summed E-state index contributed by atoms with van der Waals surface area (Å²) in [7, 11) is 0. The van der Waals surface area contributed by atoms with Crippen LogP contribution in [0.5, 0.6) is 5.75 Å². The van der Waals surface area contributed by atoms with Gasteiger partial charge in [-0.15, -0.1) is 0 Å². The van der Waals surface area contributed by atoms with Gasteiger partial charge in [0.15, 0.2) is 0 Å². The average molecular weight is 418 g/mol. The number of nitrogens with one attached hydrogen (secondary N) is 1. The lowest BCUT2D eigenvalue weighted by Gasteiger charge is -2.36. The molecule has 0 atom stereocenters. The van der Waals surface area contributed by atoms with Crippen LogP contribution in [0.15, 0.2) is 53.0 Å². The maximum Gasteiger partial charge on any atom is 0.251 e. The van der Waals surface area contributed by atoms with Gasteiger partial charge < -0.3 is 20.2 Å². The van der Waals surface area contributed by atoms with Crippen LogP contribution < -0.4 is 10.2 Å². The van der Waals surface area contributed by atoms with E-state index in [1.807, 2.05) is 6.07 Å². The highest BCUT2D eigenvalue weighted by molar-refractivity contribution is 9.10. The van der Waals surface area contributed by atoms with Crippen LogP contribution in [-0.2, 0) is 4.79 Å². The molecule has 136 valence electrons. The molecule has 6 nitrogen and oxygen atoms in total. The summed E-state index contributed by atoms with van der Waals surface area (Å²) in [5.74, 6) is -0.119. The molecular formula is C19H20BrN3O3. The van der Waals surface area contributed by atoms with Crippen LogP contribution in [0.4, 0.5) is 5.69 Å². The molecule has 0 radical (unpaired) electrons. The van der Waals surface area contributed by atoms with E-state index in [2.05, 4.69) is 26.1 Å². The van der Waals surface area contributed by atoms with Crippen LogP contribution in [0.3, 0.4) is 0 Å². The molecule has 1 aliphatic heterocycles. The van der Waals surface area contributed by atoms with E-state index in [4.69, 9.17) is 0 Å². The largest absolute Gasteiger partial charge is 0.508 e. The molecule has 0 spiro atoms. The first kappa shape index (κ1) is 18.3. The summed E-state index contributed by atoms with van der Waals surface area (Å²) >= 11 is 3.32. The van der Waals surface area contributed by atoms with Gasteiger partial charge in [0.25, 0.3) is 5.91 Å². The zero-order valence-corrected chi connectivity index (χ0v) is 15.8. The van der Waals surface area contributed by atoms with E-state index in [-0.39, 0.29) is 24.1 Å². The van der Waals surface area contributed by atoms with E-state index in [1.54, 1.807) is 47.4 Å². The van der Waals surface area contributed by atoms with E-state index < -0.39 is 0 Å². The Morgan fingerprint density at radius 2 is 1.73 bits per heavy atom. The predicted molar refractivity (Wildman–Crippen MR) is 103 cm³/mol. The maximum absolute atomic E-state index is 12.3. The van der Waals surface area contributed by atoms with Crippen LogP contribution in [0.1, 0.15) is 10.4 Å². The van der Waals surface area contributed by atoms with Gasteiger partial charge in [0.05, 0.1) is 6.54 Å². The van der Waals surface area contributed by atoms with Crippen molar-refractivity contribution in [3.8, 4) is 5.75 Å². The molecule has 1 heterocycles. The predicted octanol–water partition coefficient (Wildman–Crippen LogP) is 2.23. The second-order valence-corrected chi connectivity index (χ2v) is 6.99. The average Bonchev–Trinajstić information content (AvgIpc) is 2.66. The number of benzene rings is 2. The third-order valence-corrected chi connectivity index (χ3v) is 4.86. The number of aromatic hydroxyl groups is 1. The Morgan fingerprint density at radius 1 is 1.04 bits per heavy atom. The van der Waals surface area contributed by atoms with Crippen molar-refractivity contribution in [1.29, 1.82) is 0 Å². The number of phenols is 1. The molecule has 2 aromatic rings. The number of carbonyl (C=O) groups excluding carboxylic acids is 2. The minimum absolute atomic E-state index is 0.0129. The Kier molecular flexibility index (Phi) is 5.78. The molecule has 0 bridgehead atoms. The van der Waals surface area contributed by atoms with Crippen molar-refractivity contribution in [1.82, 2.24) is 10.2 Å². The molecule has 0 aromatic heterocycles. The number of hydrogen-bond donors (Lipinski definition) is 2. The van der Waals surface area contributed by atoms with Crippen LogP contribution in [-0.4, -0.2) is 54.5 Å². The number of halogens is 1. The minimum atomic E-state index is -0.260. The third kappa shape index (κ3) is 4.54. The monoisotopic (exact) mass is 417 g/mol. The molecule has 0 aliphatic carbocycles. The van der Waals surface area contributed by atoms with E-state index in [1.165, 1.54) is 0 Å². The SMILES string of the molecule is O=C(NCC(=O)N1CCN(c2cccc(O)c2)CC1)c1ccc(Br)cc1. The number of hydrogen-bond acceptors (Lipinski definition) is 4. The number of piperazine rings is 1. The Bertz CT molecular complexity index is 787. The molecule has 26 heavy (non-hydrogen) atoms. The minimum Gasteiger partial charge on any atom is -0.508 e. The van der Waals surface area contributed by atoms with Crippen LogP contribution in [0.2, 0.25) is 0 Å². The zero-order valence-electron chi connectivity index (χ0n) is 14.2. The Hall–Kier alpha value is -2.54. The van der Waals surface area contributed by atoms with Crippen molar-refractivity contribution in [3.63, 3.8) is 0 Å². The second kappa shape index (κ2) is 8.23. The fraction of sp³-hybridized carbons (Fsp3) is 0.263.